The van der Waals surface area contributed by atoms with Gasteiger partial charge in [0.15, 0.2) is 6.10 Å². The highest BCUT2D eigenvalue weighted by Crippen LogP contribution is 2.52. The number of hydrazone groups is 1. The number of nitrogens with zero attached hydrogens (tertiary/aromatic N) is 2. The number of rotatable bonds is 6. The van der Waals surface area contributed by atoms with Gasteiger partial charge in [0.1, 0.15) is 5.75 Å². The summed E-state index contributed by atoms with van der Waals surface area (Å²) in [5.74, 6) is -1.06. The molecule has 2 bridgehead atoms. The highest BCUT2D eigenvalue weighted by atomic mass is 35.5. The summed E-state index contributed by atoms with van der Waals surface area (Å²) in [7, 11) is 0. The average molecular weight is 417 g/mol. The Labute approximate surface area is 173 Å². The summed E-state index contributed by atoms with van der Waals surface area (Å²) in [6.07, 6.45) is 5.46. The van der Waals surface area contributed by atoms with Crippen LogP contribution in [0.2, 0.25) is 5.02 Å². The van der Waals surface area contributed by atoms with Crippen molar-refractivity contribution in [3.05, 3.63) is 40.9 Å². The van der Waals surface area contributed by atoms with Gasteiger partial charge >= 0.3 is 5.97 Å². The van der Waals surface area contributed by atoms with Crippen LogP contribution < -0.4 is 4.74 Å². The van der Waals surface area contributed by atoms with E-state index in [1.54, 1.807) is 32.0 Å². The van der Waals surface area contributed by atoms with E-state index in [1.807, 2.05) is 12.2 Å². The summed E-state index contributed by atoms with van der Waals surface area (Å²) in [5.41, 5.74) is 0.451. The maximum absolute atomic E-state index is 12.7. The van der Waals surface area contributed by atoms with Crippen molar-refractivity contribution in [1.82, 2.24) is 5.01 Å². The Morgan fingerprint density at radius 2 is 1.93 bits per heavy atom. The Hall–Kier alpha value is -2.67. The molecule has 1 saturated heterocycles. The second-order valence-corrected chi connectivity index (χ2v) is 7.86. The molecule has 3 aliphatic rings. The summed E-state index contributed by atoms with van der Waals surface area (Å²) in [6, 6.07) is 4.81. The monoisotopic (exact) mass is 416 g/mol. The molecule has 1 heterocycles. The van der Waals surface area contributed by atoms with Crippen LogP contribution in [0.15, 0.2) is 35.5 Å². The van der Waals surface area contributed by atoms with Crippen molar-refractivity contribution in [2.24, 2.45) is 28.8 Å². The molecule has 1 saturated carbocycles. The van der Waals surface area contributed by atoms with Gasteiger partial charge in [-0.15, -0.1) is 0 Å². The van der Waals surface area contributed by atoms with Crippen LogP contribution in [-0.2, 0) is 19.1 Å². The molecular weight excluding hydrogens is 396 g/mol. The van der Waals surface area contributed by atoms with Gasteiger partial charge in [0.2, 0.25) is 0 Å². The minimum atomic E-state index is -0.834. The number of amides is 2. The molecule has 29 heavy (non-hydrogen) atoms. The molecule has 152 valence electrons. The number of ether oxygens (including phenoxy) is 2. The van der Waals surface area contributed by atoms with E-state index in [-0.39, 0.29) is 42.1 Å². The predicted molar refractivity (Wildman–Crippen MR) is 105 cm³/mol. The first-order valence-electron chi connectivity index (χ1n) is 9.63. The highest BCUT2D eigenvalue weighted by Gasteiger charge is 2.59. The largest absolute Gasteiger partial charge is 0.478 e. The van der Waals surface area contributed by atoms with E-state index in [0.717, 1.165) is 11.4 Å². The van der Waals surface area contributed by atoms with Gasteiger partial charge in [-0.1, -0.05) is 23.8 Å². The zero-order valence-corrected chi connectivity index (χ0v) is 16.8. The summed E-state index contributed by atoms with van der Waals surface area (Å²) < 4.78 is 10.6. The highest BCUT2D eigenvalue weighted by molar-refractivity contribution is 6.31. The normalized spacial score (nSPS) is 28.3. The zero-order chi connectivity index (χ0) is 20.7. The third-order valence-corrected chi connectivity index (χ3v) is 5.89. The van der Waals surface area contributed by atoms with Crippen LogP contribution in [-0.4, -0.2) is 41.7 Å². The Morgan fingerprint density at radius 3 is 2.55 bits per heavy atom. The SMILES string of the molecule is CCOC(=O)C(C)Oc1ccc(Cl)cc1C=NN1C(=O)C2C3C=CC(C3)C2C1=O. The van der Waals surface area contributed by atoms with Crippen LogP contribution in [0, 0.1) is 23.7 Å². The second-order valence-electron chi connectivity index (χ2n) is 7.43. The van der Waals surface area contributed by atoms with Gasteiger partial charge in [-0.05, 0) is 50.3 Å². The molecule has 0 radical (unpaired) electrons. The van der Waals surface area contributed by atoms with Crippen LogP contribution in [0.4, 0.5) is 0 Å². The lowest BCUT2D eigenvalue weighted by Gasteiger charge is -2.16. The number of allylic oxidation sites excluding steroid dienone is 2. The van der Waals surface area contributed by atoms with Gasteiger partial charge in [-0.25, -0.2) is 4.79 Å². The Bertz CT molecular complexity index is 898. The maximum atomic E-state index is 12.7. The third-order valence-electron chi connectivity index (χ3n) is 5.65. The first-order valence-corrected chi connectivity index (χ1v) is 10.0. The number of carbonyl (C=O) groups excluding carboxylic acids is 3. The quantitative estimate of drug-likeness (QED) is 0.308. The fraction of sp³-hybridized carbons (Fsp3) is 0.429. The van der Waals surface area contributed by atoms with E-state index in [0.29, 0.717) is 16.3 Å². The van der Waals surface area contributed by atoms with Gasteiger partial charge in [-0.2, -0.15) is 10.1 Å². The number of hydrogen-bond acceptors (Lipinski definition) is 6. The number of halogens is 1. The second kappa shape index (κ2) is 7.63. The van der Waals surface area contributed by atoms with Crippen molar-refractivity contribution in [3.8, 4) is 5.75 Å². The van der Waals surface area contributed by atoms with E-state index in [1.165, 1.54) is 6.21 Å². The summed E-state index contributed by atoms with van der Waals surface area (Å²) in [4.78, 5) is 37.3. The average Bonchev–Trinajstić information content (AvgIpc) is 3.37. The van der Waals surface area contributed by atoms with E-state index in [9.17, 15) is 14.4 Å². The molecule has 5 unspecified atom stereocenters. The van der Waals surface area contributed by atoms with E-state index >= 15 is 0 Å². The molecule has 0 aromatic heterocycles. The fourth-order valence-electron chi connectivity index (χ4n) is 4.35. The standard InChI is InChI=1S/C21H21ClN2O5/c1-3-28-21(27)11(2)29-16-7-6-15(22)9-14(16)10-23-24-19(25)17-12-4-5-13(8-12)18(17)20(24)26/h4-7,9-13,17-18H,3,8H2,1-2H3. The van der Waals surface area contributed by atoms with E-state index < -0.39 is 12.1 Å². The lowest BCUT2D eigenvalue weighted by molar-refractivity contribution is -0.150. The van der Waals surface area contributed by atoms with Gasteiger partial charge in [-0.3, -0.25) is 9.59 Å². The van der Waals surface area contributed by atoms with Crippen molar-refractivity contribution >= 4 is 35.6 Å². The van der Waals surface area contributed by atoms with Crippen LogP contribution in [0.5, 0.6) is 5.75 Å². The van der Waals surface area contributed by atoms with Gasteiger partial charge in [0.25, 0.3) is 11.8 Å². The lowest BCUT2D eigenvalue weighted by atomic mass is 9.85. The third kappa shape index (κ3) is 3.44. The molecule has 0 N–H and O–H groups in total. The maximum Gasteiger partial charge on any atom is 0.347 e. The Balaban J connectivity index is 1.54. The predicted octanol–water partition coefficient (Wildman–Crippen LogP) is 2.81. The van der Waals surface area contributed by atoms with Gasteiger partial charge in [0.05, 0.1) is 24.7 Å². The van der Waals surface area contributed by atoms with Crippen molar-refractivity contribution in [2.45, 2.75) is 26.4 Å². The molecule has 7 nitrogen and oxygen atoms in total. The molecular formula is C21H21ClN2O5. The lowest BCUT2D eigenvalue weighted by Crippen LogP contribution is -2.28. The van der Waals surface area contributed by atoms with Crippen molar-refractivity contribution in [3.63, 3.8) is 0 Å². The zero-order valence-electron chi connectivity index (χ0n) is 16.1. The molecule has 4 rings (SSSR count). The number of esters is 1. The summed E-state index contributed by atoms with van der Waals surface area (Å²) in [5, 5.41) is 5.54. The smallest absolute Gasteiger partial charge is 0.347 e. The molecule has 5 atom stereocenters. The molecule has 2 aliphatic carbocycles. The van der Waals surface area contributed by atoms with E-state index in [4.69, 9.17) is 21.1 Å². The van der Waals surface area contributed by atoms with Crippen molar-refractivity contribution in [1.29, 1.82) is 0 Å². The van der Waals surface area contributed by atoms with Crippen LogP contribution >= 0.6 is 11.6 Å². The number of imide groups is 1. The number of carbonyl (C=O) groups is 3. The molecule has 2 amide bonds. The Kier molecular flexibility index (Phi) is 5.17. The number of fused-ring (bicyclic) bond motifs is 5. The molecule has 8 heteroatoms. The first-order chi connectivity index (χ1) is 13.9. The molecule has 2 fully saturated rings. The minimum absolute atomic E-state index is 0.122. The molecule has 1 aliphatic heterocycles. The molecule has 1 aromatic rings. The van der Waals surface area contributed by atoms with E-state index in [2.05, 4.69) is 5.10 Å². The van der Waals surface area contributed by atoms with Crippen molar-refractivity contribution < 1.29 is 23.9 Å². The summed E-state index contributed by atoms with van der Waals surface area (Å²) in [6.45, 7) is 3.54. The summed E-state index contributed by atoms with van der Waals surface area (Å²) >= 11 is 6.08. The van der Waals surface area contributed by atoms with Crippen LogP contribution in [0.25, 0.3) is 0 Å². The van der Waals surface area contributed by atoms with Gasteiger partial charge < -0.3 is 9.47 Å². The molecule has 0 spiro atoms. The van der Waals surface area contributed by atoms with Crippen LogP contribution in [0.3, 0.4) is 0 Å². The topological polar surface area (TPSA) is 85.3 Å². The number of benzene rings is 1. The minimum Gasteiger partial charge on any atom is -0.478 e. The van der Waals surface area contributed by atoms with Crippen molar-refractivity contribution in [2.75, 3.05) is 6.61 Å². The first kappa shape index (κ1) is 19.6. The van der Waals surface area contributed by atoms with Gasteiger partial charge in [0, 0.05) is 10.6 Å². The fourth-order valence-corrected chi connectivity index (χ4v) is 4.53. The molecule has 1 aromatic carbocycles. The number of hydrogen-bond donors (Lipinski definition) is 0. The Morgan fingerprint density at radius 1 is 1.28 bits per heavy atom. The van der Waals surface area contributed by atoms with Crippen LogP contribution in [0.1, 0.15) is 25.8 Å².